The van der Waals surface area contributed by atoms with Crippen LogP contribution < -0.4 is 9.80 Å². The normalized spacial score (nSPS) is 18.8. The highest BCUT2D eigenvalue weighted by atomic mass is 19.1. The van der Waals surface area contributed by atoms with Crippen LogP contribution in [0, 0.1) is 17.1 Å². The monoisotopic (exact) mass is 497 g/mol. The molecule has 0 amide bonds. The van der Waals surface area contributed by atoms with Crippen molar-refractivity contribution in [2.75, 3.05) is 62.8 Å². The SMILES string of the molecule is CN1CCN(c2ccc(-c3cnc4ccc(N5CCOCC5c5cccc(F)c5)nn34)cc2C#N)CC1. The average molecular weight is 498 g/mol. The molecule has 2 aliphatic rings. The van der Waals surface area contributed by atoms with Gasteiger partial charge in [-0.1, -0.05) is 18.2 Å². The van der Waals surface area contributed by atoms with Crippen LogP contribution in [0.1, 0.15) is 17.2 Å². The summed E-state index contributed by atoms with van der Waals surface area (Å²) in [6.45, 7) is 5.42. The Bertz CT molecular complexity index is 1470. The van der Waals surface area contributed by atoms with Crippen molar-refractivity contribution in [3.05, 3.63) is 77.7 Å². The van der Waals surface area contributed by atoms with E-state index in [2.05, 4.69) is 32.8 Å². The van der Waals surface area contributed by atoms with Gasteiger partial charge in [-0.15, -0.1) is 5.10 Å². The summed E-state index contributed by atoms with van der Waals surface area (Å²) in [7, 11) is 2.12. The van der Waals surface area contributed by atoms with Crippen molar-refractivity contribution in [2.45, 2.75) is 6.04 Å². The van der Waals surface area contributed by atoms with Crippen molar-refractivity contribution < 1.29 is 9.13 Å². The molecule has 37 heavy (non-hydrogen) atoms. The Morgan fingerprint density at radius 3 is 2.70 bits per heavy atom. The third-order valence-corrected chi connectivity index (χ3v) is 7.26. The number of piperazine rings is 1. The Labute approximate surface area is 215 Å². The van der Waals surface area contributed by atoms with E-state index in [9.17, 15) is 9.65 Å². The number of nitrogens with zero attached hydrogens (tertiary/aromatic N) is 7. The second-order valence-corrected chi connectivity index (χ2v) is 9.58. The van der Waals surface area contributed by atoms with Gasteiger partial charge in [0.15, 0.2) is 5.65 Å². The molecule has 0 aliphatic carbocycles. The van der Waals surface area contributed by atoms with Gasteiger partial charge in [-0.25, -0.2) is 13.9 Å². The van der Waals surface area contributed by atoms with Crippen LogP contribution in [0.2, 0.25) is 0 Å². The molecule has 2 saturated heterocycles. The molecular formula is C28H28FN7O. The highest BCUT2D eigenvalue weighted by molar-refractivity contribution is 5.71. The molecule has 4 aromatic rings. The van der Waals surface area contributed by atoms with E-state index in [-0.39, 0.29) is 11.9 Å². The van der Waals surface area contributed by atoms with Crippen molar-refractivity contribution in [3.8, 4) is 17.3 Å². The number of rotatable bonds is 4. The van der Waals surface area contributed by atoms with E-state index in [1.54, 1.807) is 18.3 Å². The van der Waals surface area contributed by atoms with Crippen LogP contribution in [-0.4, -0.2) is 72.5 Å². The first-order valence-corrected chi connectivity index (χ1v) is 12.5. The van der Waals surface area contributed by atoms with Gasteiger partial charge in [0, 0.05) is 38.3 Å². The average Bonchev–Trinajstić information content (AvgIpc) is 3.36. The fourth-order valence-electron chi connectivity index (χ4n) is 5.19. The van der Waals surface area contributed by atoms with E-state index < -0.39 is 0 Å². The molecule has 0 N–H and O–H groups in total. The molecule has 0 saturated carbocycles. The lowest BCUT2D eigenvalue weighted by molar-refractivity contribution is 0.0935. The molecule has 188 valence electrons. The molecule has 1 unspecified atom stereocenters. The van der Waals surface area contributed by atoms with Crippen LogP contribution in [0.4, 0.5) is 15.9 Å². The molecule has 8 nitrogen and oxygen atoms in total. The number of anilines is 2. The summed E-state index contributed by atoms with van der Waals surface area (Å²) < 4.78 is 21.5. The molecule has 9 heteroatoms. The minimum absolute atomic E-state index is 0.144. The van der Waals surface area contributed by atoms with Gasteiger partial charge >= 0.3 is 0 Å². The molecule has 0 bridgehead atoms. The predicted molar refractivity (Wildman–Crippen MR) is 140 cm³/mol. The Kier molecular flexibility index (Phi) is 6.20. The second kappa shape index (κ2) is 9.81. The maximum absolute atomic E-state index is 14.0. The zero-order valence-electron chi connectivity index (χ0n) is 20.7. The van der Waals surface area contributed by atoms with Crippen LogP contribution in [-0.2, 0) is 4.74 Å². The fourth-order valence-corrected chi connectivity index (χ4v) is 5.19. The zero-order valence-corrected chi connectivity index (χ0v) is 20.7. The summed E-state index contributed by atoms with van der Waals surface area (Å²) in [6, 6.07) is 18.8. The summed E-state index contributed by atoms with van der Waals surface area (Å²) in [6.07, 6.45) is 1.79. The number of imidazole rings is 1. The van der Waals surface area contributed by atoms with Gasteiger partial charge in [0.2, 0.25) is 0 Å². The van der Waals surface area contributed by atoms with E-state index >= 15 is 0 Å². The van der Waals surface area contributed by atoms with Crippen LogP contribution in [0.15, 0.2) is 60.8 Å². The number of likely N-dealkylation sites (N-methyl/N-ethyl adjacent to an activating group) is 1. The maximum Gasteiger partial charge on any atom is 0.154 e. The molecule has 6 rings (SSSR count). The standard InChI is InChI=1S/C28H28FN7O/c1-33-9-11-34(12-10-33)24-6-5-21(15-22(24)17-30)25-18-31-27-7-8-28(32-36(25)27)35-13-14-37-19-26(35)20-3-2-4-23(29)16-20/h2-8,15-16,18,26H,9-14,19H2,1H3. The van der Waals surface area contributed by atoms with Gasteiger partial charge in [0.25, 0.3) is 0 Å². The second-order valence-electron chi connectivity index (χ2n) is 9.58. The van der Waals surface area contributed by atoms with Crippen LogP contribution in [0.5, 0.6) is 0 Å². The fraction of sp³-hybridized carbons (Fsp3) is 0.321. The number of ether oxygens (including phenoxy) is 1. The van der Waals surface area contributed by atoms with E-state index in [1.165, 1.54) is 6.07 Å². The quantitative estimate of drug-likeness (QED) is 0.425. The van der Waals surface area contributed by atoms with Crippen molar-refractivity contribution in [2.24, 2.45) is 0 Å². The maximum atomic E-state index is 14.0. The van der Waals surface area contributed by atoms with Gasteiger partial charge in [-0.3, -0.25) is 0 Å². The van der Waals surface area contributed by atoms with Crippen LogP contribution in [0.3, 0.4) is 0 Å². The van der Waals surface area contributed by atoms with Crippen LogP contribution >= 0.6 is 0 Å². The van der Waals surface area contributed by atoms with E-state index in [0.29, 0.717) is 25.3 Å². The number of nitriles is 1. The number of morpholine rings is 1. The smallest absolute Gasteiger partial charge is 0.154 e. The Morgan fingerprint density at radius 2 is 1.89 bits per heavy atom. The van der Waals surface area contributed by atoms with Crippen molar-refractivity contribution in [1.29, 1.82) is 5.26 Å². The van der Waals surface area contributed by atoms with Gasteiger partial charge in [0.05, 0.1) is 42.4 Å². The molecule has 2 aliphatic heterocycles. The highest BCUT2D eigenvalue weighted by Gasteiger charge is 2.27. The molecule has 1 atom stereocenters. The first-order chi connectivity index (χ1) is 18.1. The zero-order chi connectivity index (χ0) is 25.4. The summed E-state index contributed by atoms with van der Waals surface area (Å²) in [5.41, 5.74) is 4.88. The minimum Gasteiger partial charge on any atom is -0.377 e. The summed E-state index contributed by atoms with van der Waals surface area (Å²) >= 11 is 0. The third kappa shape index (κ3) is 4.50. The summed E-state index contributed by atoms with van der Waals surface area (Å²) in [5, 5.41) is 14.9. The largest absolute Gasteiger partial charge is 0.377 e. The van der Waals surface area contributed by atoms with Gasteiger partial charge in [0.1, 0.15) is 17.7 Å². The minimum atomic E-state index is -0.267. The number of halogens is 1. The number of hydrogen-bond acceptors (Lipinski definition) is 7. The van der Waals surface area contributed by atoms with Crippen molar-refractivity contribution in [3.63, 3.8) is 0 Å². The van der Waals surface area contributed by atoms with Crippen molar-refractivity contribution >= 4 is 17.2 Å². The first-order valence-electron chi connectivity index (χ1n) is 12.5. The molecule has 4 heterocycles. The number of aromatic nitrogens is 3. The molecule has 2 aromatic carbocycles. The molecule has 2 aromatic heterocycles. The van der Waals surface area contributed by atoms with E-state index in [4.69, 9.17) is 9.84 Å². The lowest BCUT2D eigenvalue weighted by Gasteiger charge is -2.36. The van der Waals surface area contributed by atoms with Gasteiger partial charge in [-0.05, 0) is 49.0 Å². The molecule has 0 radical (unpaired) electrons. The van der Waals surface area contributed by atoms with Crippen LogP contribution in [0.25, 0.3) is 16.9 Å². The highest BCUT2D eigenvalue weighted by Crippen LogP contribution is 2.31. The predicted octanol–water partition coefficient (Wildman–Crippen LogP) is 3.74. The van der Waals surface area contributed by atoms with E-state index in [0.717, 1.165) is 60.2 Å². The topological polar surface area (TPSA) is 72.9 Å². The summed E-state index contributed by atoms with van der Waals surface area (Å²) in [5.74, 6) is 0.496. The lowest BCUT2D eigenvalue weighted by Crippen LogP contribution is -2.44. The Morgan fingerprint density at radius 1 is 1.03 bits per heavy atom. The number of hydrogen-bond donors (Lipinski definition) is 0. The van der Waals surface area contributed by atoms with Gasteiger partial charge in [-0.2, -0.15) is 5.26 Å². The lowest BCUT2D eigenvalue weighted by atomic mass is 10.0. The van der Waals surface area contributed by atoms with Gasteiger partial charge < -0.3 is 19.4 Å². The molecular weight excluding hydrogens is 469 g/mol. The van der Waals surface area contributed by atoms with Crippen molar-refractivity contribution in [1.82, 2.24) is 19.5 Å². The number of fused-ring (bicyclic) bond motifs is 1. The van der Waals surface area contributed by atoms with E-state index in [1.807, 2.05) is 40.9 Å². The Balaban J connectivity index is 1.35. The summed E-state index contributed by atoms with van der Waals surface area (Å²) in [4.78, 5) is 11.3. The molecule has 2 fully saturated rings. The number of benzene rings is 2. The Hall–Kier alpha value is -4.00. The first kappa shape index (κ1) is 23.4. The molecule has 0 spiro atoms. The third-order valence-electron chi connectivity index (χ3n) is 7.26.